The molecule has 5 heteroatoms. The van der Waals surface area contributed by atoms with Gasteiger partial charge in [-0.2, -0.15) is 0 Å². The van der Waals surface area contributed by atoms with Gasteiger partial charge in [-0.05, 0) is 49.4 Å². The molecule has 1 aromatic carbocycles. The summed E-state index contributed by atoms with van der Waals surface area (Å²) in [5.41, 5.74) is 1.17. The Hall–Kier alpha value is -2.82. The second-order valence-corrected chi connectivity index (χ2v) is 4.85. The zero-order valence-corrected chi connectivity index (χ0v) is 11.9. The van der Waals surface area contributed by atoms with E-state index in [0.29, 0.717) is 29.4 Å². The Kier molecular flexibility index (Phi) is 3.78. The van der Waals surface area contributed by atoms with Gasteiger partial charge in [-0.25, -0.2) is 4.39 Å². The number of hydrogen-bond acceptors (Lipinski definition) is 3. The van der Waals surface area contributed by atoms with Gasteiger partial charge in [0.15, 0.2) is 0 Å². The molecule has 0 spiro atoms. The van der Waals surface area contributed by atoms with E-state index in [1.54, 1.807) is 43.5 Å². The van der Waals surface area contributed by atoms with E-state index in [4.69, 9.17) is 8.83 Å². The fourth-order valence-corrected chi connectivity index (χ4v) is 2.14. The molecule has 1 N–H and O–H groups in total. The average Bonchev–Trinajstić information content (AvgIpc) is 3.15. The molecule has 0 atom stereocenters. The van der Waals surface area contributed by atoms with E-state index in [0.717, 1.165) is 5.56 Å². The van der Waals surface area contributed by atoms with Gasteiger partial charge in [-0.15, -0.1) is 0 Å². The second kappa shape index (κ2) is 5.89. The number of rotatable bonds is 4. The molecule has 0 saturated heterocycles. The average molecular weight is 299 g/mol. The highest BCUT2D eigenvalue weighted by Gasteiger charge is 2.16. The highest BCUT2D eigenvalue weighted by molar-refractivity contribution is 5.96. The van der Waals surface area contributed by atoms with Crippen LogP contribution in [0.1, 0.15) is 21.9 Å². The topological polar surface area (TPSA) is 55.4 Å². The molecule has 0 fully saturated rings. The molecule has 0 bridgehead atoms. The van der Waals surface area contributed by atoms with E-state index < -0.39 is 0 Å². The molecule has 4 nitrogen and oxygen atoms in total. The zero-order chi connectivity index (χ0) is 15.5. The molecule has 0 radical (unpaired) electrons. The van der Waals surface area contributed by atoms with E-state index >= 15 is 0 Å². The number of benzene rings is 1. The molecule has 0 aliphatic carbocycles. The number of furan rings is 2. The van der Waals surface area contributed by atoms with Crippen LogP contribution >= 0.6 is 0 Å². The quantitative estimate of drug-likeness (QED) is 0.794. The molecular weight excluding hydrogens is 285 g/mol. The monoisotopic (exact) mass is 299 g/mol. The van der Waals surface area contributed by atoms with Gasteiger partial charge in [0.25, 0.3) is 5.91 Å². The highest BCUT2D eigenvalue weighted by Crippen LogP contribution is 2.25. The minimum atomic E-state index is -0.316. The molecule has 0 unspecified atom stereocenters. The Morgan fingerprint density at radius 3 is 2.68 bits per heavy atom. The largest absolute Gasteiger partial charge is 0.467 e. The smallest absolute Gasteiger partial charge is 0.255 e. The maximum Gasteiger partial charge on any atom is 0.255 e. The predicted molar refractivity (Wildman–Crippen MR) is 78.7 cm³/mol. The maximum atomic E-state index is 12.9. The van der Waals surface area contributed by atoms with Crippen LogP contribution in [0.25, 0.3) is 11.3 Å². The number of carbonyl (C=O) groups excluding carboxylic acids is 1. The van der Waals surface area contributed by atoms with Crippen molar-refractivity contribution in [2.45, 2.75) is 13.5 Å². The summed E-state index contributed by atoms with van der Waals surface area (Å²) in [4.78, 5) is 12.2. The van der Waals surface area contributed by atoms with Gasteiger partial charge in [0, 0.05) is 5.56 Å². The van der Waals surface area contributed by atoms with Crippen LogP contribution < -0.4 is 5.32 Å². The fourth-order valence-electron chi connectivity index (χ4n) is 2.14. The maximum absolute atomic E-state index is 12.9. The molecule has 22 heavy (non-hydrogen) atoms. The van der Waals surface area contributed by atoms with Gasteiger partial charge < -0.3 is 14.2 Å². The molecule has 1 amide bonds. The van der Waals surface area contributed by atoms with Crippen LogP contribution in [0, 0.1) is 12.7 Å². The minimum absolute atomic E-state index is 0.244. The van der Waals surface area contributed by atoms with Gasteiger partial charge in [0.05, 0.1) is 18.4 Å². The number of amides is 1. The van der Waals surface area contributed by atoms with Crippen LogP contribution in [0.3, 0.4) is 0 Å². The van der Waals surface area contributed by atoms with E-state index in [2.05, 4.69) is 5.32 Å². The van der Waals surface area contributed by atoms with Crippen LogP contribution in [0.2, 0.25) is 0 Å². The standard InChI is InChI=1S/C17H14FNO3/c1-11-15(17(20)19-10-14-3-2-8-21-14)9-16(22-11)12-4-6-13(18)7-5-12/h2-9H,10H2,1H3,(H,19,20). The van der Waals surface area contributed by atoms with Crippen molar-refractivity contribution in [1.29, 1.82) is 0 Å². The van der Waals surface area contributed by atoms with Gasteiger partial charge >= 0.3 is 0 Å². The lowest BCUT2D eigenvalue weighted by molar-refractivity contribution is 0.0946. The third-order valence-electron chi connectivity index (χ3n) is 3.29. The van der Waals surface area contributed by atoms with Crippen LogP contribution in [0.5, 0.6) is 0 Å². The number of halogens is 1. The van der Waals surface area contributed by atoms with Crippen LogP contribution in [0.4, 0.5) is 4.39 Å². The highest BCUT2D eigenvalue weighted by atomic mass is 19.1. The summed E-state index contributed by atoms with van der Waals surface area (Å²) in [6.07, 6.45) is 1.55. The molecule has 2 aromatic heterocycles. The van der Waals surface area contributed by atoms with Gasteiger partial charge in [-0.1, -0.05) is 0 Å². The van der Waals surface area contributed by atoms with Crippen molar-refractivity contribution in [2.24, 2.45) is 0 Å². The first-order chi connectivity index (χ1) is 10.6. The van der Waals surface area contributed by atoms with Crippen LogP contribution in [0.15, 0.2) is 57.6 Å². The summed E-state index contributed by atoms with van der Waals surface area (Å²) >= 11 is 0. The van der Waals surface area contributed by atoms with Crippen molar-refractivity contribution in [3.63, 3.8) is 0 Å². The summed E-state index contributed by atoms with van der Waals surface area (Å²) < 4.78 is 23.7. The Morgan fingerprint density at radius 1 is 1.23 bits per heavy atom. The van der Waals surface area contributed by atoms with Gasteiger partial charge in [-0.3, -0.25) is 4.79 Å². The second-order valence-electron chi connectivity index (χ2n) is 4.85. The lowest BCUT2D eigenvalue weighted by Crippen LogP contribution is -2.22. The molecule has 2 heterocycles. The lowest BCUT2D eigenvalue weighted by Gasteiger charge is -2.01. The van der Waals surface area contributed by atoms with E-state index in [1.165, 1.54) is 12.1 Å². The van der Waals surface area contributed by atoms with E-state index in [1.807, 2.05) is 0 Å². The summed E-state index contributed by atoms with van der Waals surface area (Å²) in [7, 11) is 0. The summed E-state index contributed by atoms with van der Waals surface area (Å²) in [5, 5.41) is 2.76. The Labute approximate surface area is 126 Å². The molecular formula is C17H14FNO3. The van der Waals surface area contributed by atoms with Crippen LogP contribution in [-0.2, 0) is 6.54 Å². The van der Waals surface area contributed by atoms with Crippen molar-refractivity contribution in [1.82, 2.24) is 5.32 Å². The number of aryl methyl sites for hydroxylation is 1. The molecule has 0 saturated carbocycles. The number of hydrogen-bond donors (Lipinski definition) is 1. The minimum Gasteiger partial charge on any atom is -0.467 e. The summed E-state index contributed by atoms with van der Waals surface area (Å²) in [5.74, 6) is 1.15. The van der Waals surface area contributed by atoms with Crippen molar-refractivity contribution in [3.05, 3.63) is 71.6 Å². The predicted octanol–water partition coefficient (Wildman–Crippen LogP) is 3.92. The Balaban J connectivity index is 1.76. The SMILES string of the molecule is Cc1oc(-c2ccc(F)cc2)cc1C(=O)NCc1ccco1. The van der Waals surface area contributed by atoms with Crippen molar-refractivity contribution in [2.75, 3.05) is 0 Å². The lowest BCUT2D eigenvalue weighted by atomic mass is 10.1. The van der Waals surface area contributed by atoms with Crippen LogP contribution in [-0.4, -0.2) is 5.91 Å². The van der Waals surface area contributed by atoms with E-state index in [9.17, 15) is 9.18 Å². The van der Waals surface area contributed by atoms with E-state index in [-0.39, 0.29) is 11.7 Å². The molecule has 0 aliphatic rings. The van der Waals surface area contributed by atoms with Crippen molar-refractivity contribution < 1.29 is 18.0 Å². The third-order valence-corrected chi connectivity index (χ3v) is 3.29. The number of nitrogens with one attached hydrogen (secondary N) is 1. The number of carbonyl (C=O) groups is 1. The summed E-state index contributed by atoms with van der Waals surface area (Å²) in [6.45, 7) is 2.02. The Bertz CT molecular complexity index is 773. The van der Waals surface area contributed by atoms with Crippen molar-refractivity contribution >= 4 is 5.91 Å². The van der Waals surface area contributed by atoms with Crippen molar-refractivity contribution in [3.8, 4) is 11.3 Å². The summed E-state index contributed by atoms with van der Waals surface area (Å²) in [6, 6.07) is 11.1. The van der Waals surface area contributed by atoms with Gasteiger partial charge in [0.1, 0.15) is 23.1 Å². The normalized spacial score (nSPS) is 10.6. The zero-order valence-electron chi connectivity index (χ0n) is 11.9. The molecule has 3 aromatic rings. The Morgan fingerprint density at radius 2 is 2.00 bits per heavy atom. The fraction of sp³-hybridized carbons (Fsp3) is 0.118. The van der Waals surface area contributed by atoms with Gasteiger partial charge in [0.2, 0.25) is 0 Å². The molecule has 112 valence electrons. The third kappa shape index (κ3) is 2.93. The first-order valence-corrected chi connectivity index (χ1v) is 6.80. The first kappa shape index (κ1) is 14.1. The molecule has 3 rings (SSSR count). The molecule has 0 aliphatic heterocycles. The first-order valence-electron chi connectivity index (χ1n) is 6.80.